The Morgan fingerprint density at radius 3 is 2.62 bits per heavy atom. The SMILES string of the molecule is O=C1C[C@H]2O/C(=C\CO)[C@](Cc3ccc([N+](=O)[O-])cc3)(C(=O)O)N12. The number of carbonyl (C=O) groups excluding carboxylic acids is 1. The summed E-state index contributed by atoms with van der Waals surface area (Å²) in [5.41, 5.74) is -1.37. The molecule has 0 radical (unpaired) electrons. The van der Waals surface area contributed by atoms with Gasteiger partial charge in [-0.05, 0) is 11.6 Å². The summed E-state index contributed by atoms with van der Waals surface area (Å²) in [5.74, 6) is -1.63. The number of aliphatic hydroxyl groups is 1. The monoisotopic (exact) mass is 334 g/mol. The fraction of sp³-hybridized carbons (Fsp3) is 0.333. The molecule has 3 rings (SSSR count). The molecule has 2 aliphatic rings. The van der Waals surface area contributed by atoms with Crippen LogP contribution in [0.15, 0.2) is 36.1 Å². The van der Waals surface area contributed by atoms with Crippen molar-refractivity contribution in [2.45, 2.75) is 24.6 Å². The fourth-order valence-corrected chi connectivity index (χ4v) is 3.09. The second-order valence-electron chi connectivity index (χ2n) is 5.56. The van der Waals surface area contributed by atoms with Gasteiger partial charge in [-0.15, -0.1) is 0 Å². The molecule has 2 saturated heterocycles. The molecule has 2 heterocycles. The lowest BCUT2D eigenvalue weighted by Crippen LogP contribution is -2.63. The van der Waals surface area contributed by atoms with Crippen molar-refractivity contribution in [2.24, 2.45) is 0 Å². The molecule has 126 valence electrons. The van der Waals surface area contributed by atoms with E-state index in [2.05, 4.69) is 0 Å². The number of aliphatic carboxylic acids is 1. The highest BCUT2D eigenvalue weighted by Crippen LogP contribution is 2.46. The van der Waals surface area contributed by atoms with Crippen molar-refractivity contribution in [3.8, 4) is 0 Å². The van der Waals surface area contributed by atoms with E-state index in [4.69, 9.17) is 9.84 Å². The lowest BCUT2D eigenvalue weighted by molar-refractivity contribution is -0.384. The Bertz CT molecular complexity index is 743. The fourth-order valence-electron chi connectivity index (χ4n) is 3.09. The zero-order chi connectivity index (χ0) is 17.5. The zero-order valence-corrected chi connectivity index (χ0v) is 12.4. The van der Waals surface area contributed by atoms with Gasteiger partial charge < -0.3 is 14.9 Å². The summed E-state index contributed by atoms with van der Waals surface area (Å²) in [5, 5.41) is 29.6. The van der Waals surface area contributed by atoms with Gasteiger partial charge >= 0.3 is 5.97 Å². The van der Waals surface area contributed by atoms with Gasteiger partial charge in [-0.3, -0.25) is 19.8 Å². The maximum atomic E-state index is 12.0. The van der Waals surface area contributed by atoms with E-state index in [1.807, 2.05) is 0 Å². The van der Waals surface area contributed by atoms with Crippen LogP contribution in [-0.2, 0) is 20.7 Å². The quantitative estimate of drug-likeness (QED) is 0.453. The largest absolute Gasteiger partial charge is 0.479 e. The third-order valence-corrected chi connectivity index (χ3v) is 4.23. The number of nitro groups is 1. The van der Waals surface area contributed by atoms with E-state index >= 15 is 0 Å². The van der Waals surface area contributed by atoms with Crippen LogP contribution < -0.4 is 0 Å². The first kappa shape index (κ1) is 15.9. The Balaban J connectivity index is 2.01. The maximum absolute atomic E-state index is 12.0. The molecule has 1 aromatic rings. The summed E-state index contributed by atoms with van der Waals surface area (Å²) in [6.07, 6.45) is 0.529. The molecule has 1 aromatic carbocycles. The van der Waals surface area contributed by atoms with Gasteiger partial charge in [0.2, 0.25) is 11.4 Å². The van der Waals surface area contributed by atoms with Crippen LogP contribution in [0.1, 0.15) is 12.0 Å². The number of benzene rings is 1. The highest BCUT2D eigenvalue weighted by Gasteiger charge is 2.64. The number of carboxylic acids is 1. The second kappa shape index (κ2) is 5.60. The minimum Gasteiger partial charge on any atom is -0.479 e. The van der Waals surface area contributed by atoms with Crippen molar-refractivity contribution in [3.63, 3.8) is 0 Å². The average molecular weight is 334 g/mol. The number of fused-ring (bicyclic) bond motifs is 1. The van der Waals surface area contributed by atoms with E-state index in [1.54, 1.807) is 0 Å². The molecule has 9 heteroatoms. The number of β-lactam (4-membered cyclic amide) rings is 1. The van der Waals surface area contributed by atoms with Crippen LogP contribution in [0, 0.1) is 10.1 Å². The van der Waals surface area contributed by atoms with E-state index < -0.39 is 29.3 Å². The number of ether oxygens (including phenoxy) is 1. The van der Waals surface area contributed by atoms with Gasteiger partial charge in [-0.25, -0.2) is 4.79 Å². The molecule has 1 amide bonds. The number of rotatable bonds is 5. The molecule has 2 fully saturated rings. The number of nitro benzene ring substituents is 1. The van der Waals surface area contributed by atoms with Crippen LogP contribution in [-0.4, -0.2) is 50.3 Å². The van der Waals surface area contributed by atoms with E-state index in [-0.39, 0.29) is 30.2 Å². The lowest BCUT2D eigenvalue weighted by atomic mass is 9.85. The summed E-state index contributed by atoms with van der Waals surface area (Å²) < 4.78 is 5.50. The van der Waals surface area contributed by atoms with E-state index in [0.29, 0.717) is 5.56 Å². The highest BCUT2D eigenvalue weighted by molar-refractivity contribution is 5.94. The van der Waals surface area contributed by atoms with Crippen LogP contribution in [0.3, 0.4) is 0 Å². The van der Waals surface area contributed by atoms with Gasteiger partial charge in [-0.2, -0.15) is 0 Å². The molecule has 2 N–H and O–H groups in total. The first-order chi connectivity index (χ1) is 11.4. The number of hydrogen-bond donors (Lipinski definition) is 2. The van der Waals surface area contributed by atoms with Gasteiger partial charge in [0, 0.05) is 18.6 Å². The minimum atomic E-state index is -1.75. The summed E-state index contributed by atoms with van der Waals surface area (Å²) >= 11 is 0. The van der Waals surface area contributed by atoms with Gasteiger partial charge in [0.05, 0.1) is 18.0 Å². The Morgan fingerprint density at radius 2 is 2.12 bits per heavy atom. The number of amides is 1. The molecule has 0 bridgehead atoms. The number of nitrogens with zero attached hydrogens (tertiary/aromatic N) is 2. The first-order valence-electron chi connectivity index (χ1n) is 7.17. The van der Waals surface area contributed by atoms with Crippen molar-refractivity contribution in [2.75, 3.05) is 6.61 Å². The number of carboxylic acid groups (broad SMARTS) is 1. The van der Waals surface area contributed by atoms with E-state index in [9.17, 15) is 24.8 Å². The van der Waals surface area contributed by atoms with Crippen LogP contribution >= 0.6 is 0 Å². The van der Waals surface area contributed by atoms with Crippen LogP contribution in [0.4, 0.5) is 5.69 Å². The van der Waals surface area contributed by atoms with E-state index in [0.717, 1.165) is 4.90 Å². The standard InChI is InChI=1S/C15H14N2O7/c18-6-5-11-15(14(20)21,16-12(19)7-13(16)24-11)8-9-1-3-10(4-2-9)17(22)23/h1-5,13,18H,6-8H2,(H,20,21)/b11-5-/t13-,15-/m1/s1. The average Bonchev–Trinajstić information content (AvgIpc) is 2.77. The lowest BCUT2D eigenvalue weighted by Gasteiger charge is -2.40. The minimum absolute atomic E-state index is 0.00621. The summed E-state index contributed by atoms with van der Waals surface area (Å²) in [6, 6.07) is 5.42. The predicted molar refractivity (Wildman–Crippen MR) is 78.7 cm³/mol. The van der Waals surface area contributed by atoms with Gasteiger partial charge in [-0.1, -0.05) is 12.1 Å². The molecule has 0 spiro atoms. The van der Waals surface area contributed by atoms with Crippen molar-refractivity contribution in [1.82, 2.24) is 4.90 Å². The second-order valence-corrected chi connectivity index (χ2v) is 5.56. The highest BCUT2D eigenvalue weighted by atomic mass is 16.6. The summed E-state index contributed by atoms with van der Waals surface area (Å²) in [4.78, 5) is 35.2. The number of aliphatic hydroxyl groups excluding tert-OH is 1. The molecular weight excluding hydrogens is 320 g/mol. The molecule has 0 aliphatic carbocycles. The van der Waals surface area contributed by atoms with Crippen LogP contribution in [0.25, 0.3) is 0 Å². The normalized spacial score (nSPS) is 26.7. The van der Waals surface area contributed by atoms with Crippen molar-refractivity contribution >= 4 is 17.6 Å². The van der Waals surface area contributed by atoms with Gasteiger partial charge in [0.15, 0.2) is 6.23 Å². The molecule has 0 unspecified atom stereocenters. The number of hydrogen-bond acceptors (Lipinski definition) is 6. The van der Waals surface area contributed by atoms with Crippen LogP contribution in [0.2, 0.25) is 0 Å². The molecule has 2 atom stereocenters. The zero-order valence-electron chi connectivity index (χ0n) is 12.4. The molecule has 2 aliphatic heterocycles. The number of carbonyl (C=O) groups is 2. The third-order valence-electron chi connectivity index (χ3n) is 4.23. The van der Waals surface area contributed by atoms with Crippen molar-refractivity contribution < 1.29 is 29.5 Å². The Labute approximate surface area is 135 Å². The van der Waals surface area contributed by atoms with Crippen LogP contribution in [0.5, 0.6) is 0 Å². The molecule has 0 aromatic heterocycles. The Kier molecular flexibility index (Phi) is 3.72. The summed E-state index contributed by atoms with van der Waals surface area (Å²) in [7, 11) is 0. The molecule has 0 saturated carbocycles. The Hall–Kier alpha value is -2.94. The predicted octanol–water partition coefficient (Wildman–Crippen LogP) is 0.425. The summed E-state index contributed by atoms with van der Waals surface area (Å²) in [6.45, 7) is -0.431. The smallest absolute Gasteiger partial charge is 0.338 e. The molecule has 24 heavy (non-hydrogen) atoms. The molecular formula is C15H14N2O7. The number of non-ortho nitro benzene ring substituents is 1. The Morgan fingerprint density at radius 1 is 1.46 bits per heavy atom. The third kappa shape index (κ3) is 2.21. The molecule has 9 nitrogen and oxygen atoms in total. The van der Waals surface area contributed by atoms with Gasteiger partial charge in [0.25, 0.3) is 5.69 Å². The van der Waals surface area contributed by atoms with Crippen molar-refractivity contribution in [3.05, 3.63) is 51.8 Å². The van der Waals surface area contributed by atoms with Crippen molar-refractivity contribution in [1.29, 1.82) is 0 Å². The topological polar surface area (TPSA) is 130 Å². The maximum Gasteiger partial charge on any atom is 0.338 e. The van der Waals surface area contributed by atoms with Gasteiger partial charge in [0.1, 0.15) is 5.76 Å². The first-order valence-corrected chi connectivity index (χ1v) is 7.17. The van der Waals surface area contributed by atoms with E-state index in [1.165, 1.54) is 30.3 Å².